The van der Waals surface area contributed by atoms with E-state index in [2.05, 4.69) is 35.1 Å². The standard InChI is InChI=1S/C22H42N4O3/c1-6-19(27)25-18(13-15(3)4)14-24-16(5)21(28)26-20(22(29)23-7-2)17-11-9-8-10-12-17/h15-18,20,24H,6-14H2,1-5H3,(H,23,29)(H,25,27)(H,26,28)/t16-,18?,20?/m0/s1. The molecule has 7 heteroatoms. The van der Waals surface area contributed by atoms with Crippen LogP contribution in [0.4, 0.5) is 0 Å². The SMILES string of the molecule is CCNC(=O)C(NC(=O)[C@H](C)NCC(CC(C)C)NC(=O)CC)C1CCCCC1. The lowest BCUT2D eigenvalue weighted by atomic mass is 9.83. The van der Waals surface area contributed by atoms with Crippen LogP contribution in [0.15, 0.2) is 0 Å². The summed E-state index contributed by atoms with van der Waals surface area (Å²) < 4.78 is 0. The molecule has 3 atom stereocenters. The number of hydrogen-bond donors (Lipinski definition) is 4. The average Bonchev–Trinajstić information content (AvgIpc) is 2.69. The van der Waals surface area contributed by atoms with Crippen LogP contribution in [-0.2, 0) is 14.4 Å². The number of hydrogen-bond acceptors (Lipinski definition) is 4. The highest BCUT2D eigenvalue weighted by Crippen LogP contribution is 2.26. The van der Waals surface area contributed by atoms with Crippen molar-refractivity contribution in [2.45, 2.75) is 97.7 Å². The topological polar surface area (TPSA) is 99.3 Å². The Bertz CT molecular complexity index is 518. The predicted octanol–water partition coefficient (Wildman–Crippen LogP) is 2.11. The smallest absolute Gasteiger partial charge is 0.242 e. The molecule has 168 valence electrons. The van der Waals surface area contributed by atoms with Crippen LogP contribution in [0.5, 0.6) is 0 Å². The molecule has 0 aliphatic heterocycles. The molecule has 3 amide bonds. The van der Waals surface area contributed by atoms with Gasteiger partial charge in [0.2, 0.25) is 17.7 Å². The van der Waals surface area contributed by atoms with Crippen molar-refractivity contribution in [3.8, 4) is 0 Å². The van der Waals surface area contributed by atoms with Crippen LogP contribution in [0.2, 0.25) is 0 Å². The zero-order valence-electron chi connectivity index (χ0n) is 19.0. The van der Waals surface area contributed by atoms with E-state index < -0.39 is 12.1 Å². The minimum absolute atomic E-state index is 0.0168. The van der Waals surface area contributed by atoms with Gasteiger partial charge in [0.25, 0.3) is 0 Å². The fourth-order valence-electron chi connectivity index (χ4n) is 3.93. The van der Waals surface area contributed by atoms with Gasteiger partial charge in [0.05, 0.1) is 6.04 Å². The first kappa shape index (κ1) is 25.4. The van der Waals surface area contributed by atoms with E-state index in [1.807, 2.05) is 13.8 Å². The van der Waals surface area contributed by atoms with Crippen molar-refractivity contribution in [1.29, 1.82) is 0 Å². The Kier molecular flexibility index (Phi) is 11.9. The van der Waals surface area contributed by atoms with E-state index >= 15 is 0 Å². The minimum Gasteiger partial charge on any atom is -0.355 e. The molecule has 0 radical (unpaired) electrons. The molecule has 1 fully saturated rings. The summed E-state index contributed by atoms with van der Waals surface area (Å²) in [5.41, 5.74) is 0. The molecule has 0 spiro atoms. The Morgan fingerprint density at radius 1 is 0.931 bits per heavy atom. The minimum atomic E-state index is -0.474. The molecule has 0 bridgehead atoms. The lowest BCUT2D eigenvalue weighted by Gasteiger charge is -2.31. The molecule has 7 nitrogen and oxygen atoms in total. The second-order valence-electron chi connectivity index (χ2n) is 8.66. The first-order valence-electron chi connectivity index (χ1n) is 11.4. The zero-order valence-corrected chi connectivity index (χ0v) is 19.0. The van der Waals surface area contributed by atoms with Gasteiger partial charge in [0.15, 0.2) is 0 Å². The van der Waals surface area contributed by atoms with Crippen molar-refractivity contribution in [2.75, 3.05) is 13.1 Å². The highest BCUT2D eigenvalue weighted by Gasteiger charge is 2.31. The summed E-state index contributed by atoms with van der Waals surface area (Å²) in [6.07, 6.45) is 6.66. The molecule has 1 rings (SSSR count). The van der Waals surface area contributed by atoms with Crippen LogP contribution in [0.3, 0.4) is 0 Å². The molecule has 0 aromatic rings. The summed E-state index contributed by atoms with van der Waals surface area (Å²) in [6, 6.07) is -0.933. The third-order valence-corrected chi connectivity index (χ3v) is 5.56. The number of rotatable bonds is 12. The molecular weight excluding hydrogens is 368 g/mol. The van der Waals surface area contributed by atoms with E-state index in [-0.39, 0.29) is 29.7 Å². The Balaban J connectivity index is 2.65. The summed E-state index contributed by atoms with van der Waals surface area (Å²) in [5.74, 6) is 0.397. The fraction of sp³-hybridized carbons (Fsp3) is 0.864. The summed E-state index contributed by atoms with van der Waals surface area (Å²) in [7, 11) is 0. The Hall–Kier alpha value is -1.63. The van der Waals surface area contributed by atoms with Crippen molar-refractivity contribution in [2.24, 2.45) is 11.8 Å². The second-order valence-corrected chi connectivity index (χ2v) is 8.66. The van der Waals surface area contributed by atoms with Crippen molar-refractivity contribution in [3.05, 3.63) is 0 Å². The third kappa shape index (κ3) is 9.61. The van der Waals surface area contributed by atoms with Crippen LogP contribution in [0.25, 0.3) is 0 Å². The fourth-order valence-corrected chi connectivity index (χ4v) is 3.93. The van der Waals surface area contributed by atoms with Gasteiger partial charge in [-0.1, -0.05) is 40.0 Å². The number of amides is 3. The molecule has 4 N–H and O–H groups in total. The van der Waals surface area contributed by atoms with Crippen LogP contribution in [-0.4, -0.2) is 48.9 Å². The number of carbonyl (C=O) groups is 3. The second kappa shape index (κ2) is 13.6. The Morgan fingerprint density at radius 3 is 2.14 bits per heavy atom. The molecular formula is C22H42N4O3. The lowest BCUT2D eigenvalue weighted by molar-refractivity contribution is -0.131. The summed E-state index contributed by atoms with van der Waals surface area (Å²) >= 11 is 0. The number of likely N-dealkylation sites (N-methyl/N-ethyl adjacent to an activating group) is 1. The molecule has 2 unspecified atom stereocenters. The quantitative estimate of drug-likeness (QED) is 0.396. The largest absolute Gasteiger partial charge is 0.355 e. The molecule has 0 aromatic carbocycles. The maximum absolute atomic E-state index is 12.8. The Morgan fingerprint density at radius 2 is 1.59 bits per heavy atom. The van der Waals surface area contributed by atoms with Gasteiger partial charge in [-0.15, -0.1) is 0 Å². The van der Waals surface area contributed by atoms with Gasteiger partial charge in [0.1, 0.15) is 6.04 Å². The van der Waals surface area contributed by atoms with Crippen molar-refractivity contribution in [3.63, 3.8) is 0 Å². The van der Waals surface area contributed by atoms with E-state index in [1.54, 1.807) is 6.92 Å². The Labute approximate surface area is 176 Å². The van der Waals surface area contributed by atoms with Crippen molar-refractivity contribution < 1.29 is 14.4 Å². The summed E-state index contributed by atoms with van der Waals surface area (Å²) in [6.45, 7) is 10.8. The van der Waals surface area contributed by atoms with Crippen molar-refractivity contribution in [1.82, 2.24) is 21.3 Å². The normalized spacial score (nSPS) is 18.0. The van der Waals surface area contributed by atoms with Gasteiger partial charge in [0, 0.05) is 25.6 Å². The first-order valence-corrected chi connectivity index (χ1v) is 11.4. The van der Waals surface area contributed by atoms with E-state index in [0.29, 0.717) is 25.4 Å². The molecule has 0 aromatic heterocycles. The zero-order chi connectivity index (χ0) is 21.8. The molecule has 0 saturated heterocycles. The van der Waals surface area contributed by atoms with Gasteiger partial charge in [-0.05, 0) is 44.9 Å². The van der Waals surface area contributed by atoms with Gasteiger partial charge in [-0.2, -0.15) is 0 Å². The van der Waals surface area contributed by atoms with Crippen molar-refractivity contribution >= 4 is 17.7 Å². The molecule has 29 heavy (non-hydrogen) atoms. The maximum Gasteiger partial charge on any atom is 0.242 e. The highest BCUT2D eigenvalue weighted by atomic mass is 16.2. The first-order chi connectivity index (χ1) is 13.8. The lowest BCUT2D eigenvalue weighted by Crippen LogP contribution is -2.56. The molecule has 1 saturated carbocycles. The average molecular weight is 411 g/mol. The van der Waals surface area contributed by atoms with E-state index in [9.17, 15) is 14.4 Å². The van der Waals surface area contributed by atoms with E-state index in [4.69, 9.17) is 0 Å². The predicted molar refractivity (Wildman–Crippen MR) is 116 cm³/mol. The maximum atomic E-state index is 12.8. The molecule has 1 aliphatic carbocycles. The summed E-state index contributed by atoms with van der Waals surface area (Å²) in [5, 5.41) is 12.1. The molecule has 1 aliphatic rings. The van der Waals surface area contributed by atoms with Crippen LogP contribution in [0.1, 0.15) is 79.6 Å². The van der Waals surface area contributed by atoms with Gasteiger partial charge in [-0.3, -0.25) is 14.4 Å². The van der Waals surface area contributed by atoms with Gasteiger partial charge in [-0.25, -0.2) is 0 Å². The highest BCUT2D eigenvalue weighted by molar-refractivity contribution is 5.89. The molecule has 0 heterocycles. The van der Waals surface area contributed by atoms with Crippen LogP contribution >= 0.6 is 0 Å². The van der Waals surface area contributed by atoms with Crippen LogP contribution in [0, 0.1) is 11.8 Å². The van der Waals surface area contributed by atoms with E-state index in [0.717, 1.165) is 32.1 Å². The number of nitrogens with one attached hydrogen (secondary N) is 4. The number of carbonyl (C=O) groups excluding carboxylic acids is 3. The summed E-state index contributed by atoms with van der Waals surface area (Å²) in [4.78, 5) is 37.1. The van der Waals surface area contributed by atoms with Gasteiger partial charge < -0.3 is 21.3 Å². The van der Waals surface area contributed by atoms with E-state index in [1.165, 1.54) is 6.42 Å². The third-order valence-electron chi connectivity index (χ3n) is 5.56. The monoisotopic (exact) mass is 410 g/mol. The van der Waals surface area contributed by atoms with Crippen LogP contribution < -0.4 is 21.3 Å². The van der Waals surface area contributed by atoms with Gasteiger partial charge >= 0.3 is 0 Å².